The number of rotatable bonds is 6. The summed E-state index contributed by atoms with van der Waals surface area (Å²) in [7, 11) is -3.15. The van der Waals surface area contributed by atoms with Crippen molar-refractivity contribution in [1.29, 1.82) is 0 Å². The molecule has 0 aliphatic rings. The van der Waals surface area contributed by atoms with Gasteiger partial charge in [-0.25, -0.2) is 8.42 Å². The number of esters is 1. The molecular weight excluding hydrogens is 240 g/mol. The molecule has 0 bridgehead atoms. The Morgan fingerprint density at radius 2 is 2.00 bits per heavy atom. The minimum Gasteiger partial charge on any atom is -0.469 e. The molecule has 0 aromatic carbocycles. The van der Waals surface area contributed by atoms with E-state index in [2.05, 4.69) is 4.74 Å². The summed E-state index contributed by atoms with van der Waals surface area (Å²) in [5.74, 6) is -0.488. The van der Waals surface area contributed by atoms with Crippen molar-refractivity contribution in [3.63, 3.8) is 0 Å². The number of sulfone groups is 1. The van der Waals surface area contributed by atoms with Crippen LogP contribution in [-0.2, 0) is 30.2 Å². The molecule has 0 saturated heterocycles. The SMILES string of the molecule is COC(=O)CC(C)S(=O)CCS(C)(=O)=O. The summed E-state index contributed by atoms with van der Waals surface area (Å²) in [6.07, 6.45) is 1.14. The van der Waals surface area contributed by atoms with Gasteiger partial charge in [0.25, 0.3) is 0 Å². The molecular formula is C8H16O5S2. The van der Waals surface area contributed by atoms with E-state index in [-0.39, 0.29) is 23.2 Å². The Balaban J connectivity index is 4.06. The molecule has 0 heterocycles. The average Bonchev–Trinajstić information content (AvgIpc) is 2.12. The monoisotopic (exact) mass is 256 g/mol. The molecule has 90 valence electrons. The Kier molecular flexibility index (Phi) is 6.04. The summed E-state index contributed by atoms with van der Waals surface area (Å²) in [6, 6.07) is 0. The van der Waals surface area contributed by atoms with E-state index < -0.39 is 26.6 Å². The molecule has 0 amide bonds. The van der Waals surface area contributed by atoms with Gasteiger partial charge in [-0.3, -0.25) is 9.00 Å². The van der Waals surface area contributed by atoms with E-state index in [0.29, 0.717) is 0 Å². The summed E-state index contributed by atoms with van der Waals surface area (Å²) >= 11 is 0. The highest BCUT2D eigenvalue weighted by molar-refractivity contribution is 7.92. The molecule has 7 heteroatoms. The molecule has 0 aliphatic heterocycles. The Bertz CT molecular complexity index is 333. The molecule has 0 aromatic heterocycles. The molecule has 0 spiro atoms. The number of ether oxygens (including phenoxy) is 1. The van der Waals surface area contributed by atoms with Crippen molar-refractivity contribution in [2.75, 3.05) is 24.9 Å². The highest BCUT2D eigenvalue weighted by atomic mass is 32.2. The Morgan fingerprint density at radius 3 is 2.40 bits per heavy atom. The van der Waals surface area contributed by atoms with Crippen LogP contribution in [0.1, 0.15) is 13.3 Å². The Morgan fingerprint density at radius 1 is 1.47 bits per heavy atom. The maximum atomic E-state index is 11.5. The predicted molar refractivity (Wildman–Crippen MR) is 58.8 cm³/mol. The van der Waals surface area contributed by atoms with Gasteiger partial charge in [-0.05, 0) is 0 Å². The maximum absolute atomic E-state index is 11.5. The Labute approximate surface area is 92.6 Å². The van der Waals surface area contributed by atoms with Crippen LogP contribution in [0.15, 0.2) is 0 Å². The van der Waals surface area contributed by atoms with E-state index in [4.69, 9.17) is 0 Å². The number of hydrogen-bond donors (Lipinski definition) is 0. The first-order valence-electron chi connectivity index (χ1n) is 4.38. The minimum absolute atomic E-state index is 0.0485. The molecule has 0 fully saturated rings. The molecule has 15 heavy (non-hydrogen) atoms. The van der Waals surface area contributed by atoms with Gasteiger partial charge in [-0.15, -0.1) is 0 Å². The molecule has 0 N–H and O–H groups in total. The van der Waals surface area contributed by atoms with E-state index >= 15 is 0 Å². The topological polar surface area (TPSA) is 77.5 Å². The van der Waals surface area contributed by atoms with E-state index in [1.165, 1.54) is 7.11 Å². The van der Waals surface area contributed by atoms with Crippen molar-refractivity contribution in [3.05, 3.63) is 0 Å². The van der Waals surface area contributed by atoms with Crippen LogP contribution in [0.4, 0.5) is 0 Å². The van der Waals surface area contributed by atoms with Gasteiger partial charge in [-0.1, -0.05) is 6.92 Å². The minimum atomic E-state index is -3.10. The van der Waals surface area contributed by atoms with Crippen molar-refractivity contribution in [2.45, 2.75) is 18.6 Å². The summed E-state index contributed by atoms with van der Waals surface area (Å²) in [5, 5.41) is -0.376. The second-order valence-corrected chi connectivity index (χ2v) is 7.54. The largest absolute Gasteiger partial charge is 0.469 e. The van der Waals surface area contributed by atoms with Crippen molar-refractivity contribution >= 4 is 26.6 Å². The lowest BCUT2D eigenvalue weighted by Gasteiger charge is -2.09. The molecule has 0 aromatic rings. The lowest BCUT2D eigenvalue weighted by molar-refractivity contribution is -0.140. The first kappa shape index (κ1) is 14.6. The lowest BCUT2D eigenvalue weighted by atomic mass is 10.3. The van der Waals surface area contributed by atoms with Crippen LogP contribution in [0.3, 0.4) is 0 Å². The molecule has 2 unspecified atom stereocenters. The van der Waals surface area contributed by atoms with Crippen LogP contribution in [0.5, 0.6) is 0 Å². The van der Waals surface area contributed by atoms with E-state index in [1.54, 1.807) is 6.92 Å². The zero-order valence-electron chi connectivity index (χ0n) is 9.06. The molecule has 0 aliphatic carbocycles. The van der Waals surface area contributed by atoms with Crippen molar-refractivity contribution < 1.29 is 22.2 Å². The maximum Gasteiger partial charge on any atom is 0.306 e. The third-order valence-corrected chi connectivity index (χ3v) is 4.66. The van der Waals surface area contributed by atoms with Gasteiger partial charge in [0.1, 0.15) is 9.84 Å². The van der Waals surface area contributed by atoms with Gasteiger partial charge in [0.05, 0.1) is 19.3 Å². The third-order valence-electron chi connectivity index (χ3n) is 1.79. The van der Waals surface area contributed by atoms with Crippen molar-refractivity contribution in [3.8, 4) is 0 Å². The summed E-state index contributed by atoms with van der Waals surface area (Å²) in [5.41, 5.74) is 0. The molecule has 2 atom stereocenters. The number of carbonyl (C=O) groups is 1. The van der Waals surface area contributed by atoms with Gasteiger partial charge in [-0.2, -0.15) is 0 Å². The van der Waals surface area contributed by atoms with Gasteiger partial charge < -0.3 is 4.74 Å². The first-order valence-corrected chi connectivity index (χ1v) is 7.82. The second-order valence-electron chi connectivity index (χ2n) is 3.31. The van der Waals surface area contributed by atoms with E-state index in [9.17, 15) is 17.4 Å². The van der Waals surface area contributed by atoms with Crippen LogP contribution >= 0.6 is 0 Å². The summed E-state index contributed by atoms with van der Waals surface area (Å²) < 4.78 is 37.5. The lowest BCUT2D eigenvalue weighted by Crippen LogP contribution is -2.22. The standard InChI is InChI=1S/C8H16O5S2/c1-7(6-8(9)13-2)14(10)4-5-15(3,11)12/h7H,4-6H2,1-3H3. The first-order chi connectivity index (χ1) is 6.76. The predicted octanol–water partition coefficient (Wildman–Crippen LogP) is -0.269. The normalized spacial score (nSPS) is 15.7. The van der Waals surface area contributed by atoms with Gasteiger partial charge >= 0.3 is 5.97 Å². The zero-order chi connectivity index (χ0) is 12.1. The van der Waals surface area contributed by atoms with E-state index in [0.717, 1.165) is 6.26 Å². The molecule has 0 saturated carbocycles. The van der Waals surface area contributed by atoms with Crippen LogP contribution in [-0.4, -0.2) is 48.7 Å². The highest BCUT2D eigenvalue weighted by Crippen LogP contribution is 2.03. The third kappa shape index (κ3) is 7.49. The van der Waals surface area contributed by atoms with Crippen LogP contribution < -0.4 is 0 Å². The fraction of sp³-hybridized carbons (Fsp3) is 0.875. The van der Waals surface area contributed by atoms with Gasteiger partial charge in [0.15, 0.2) is 0 Å². The quantitative estimate of drug-likeness (QED) is 0.611. The second kappa shape index (κ2) is 6.22. The van der Waals surface area contributed by atoms with Gasteiger partial charge in [0, 0.05) is 28.1 Å². The number of hydrogen-bond acceptors (Lipinski definition) is 5. The smallest absolute Gasteiger partial charge is 0.306 e. The molecule has 5 nitrogen and oxygen atoms in total. The molecule has 0 radical (unpaired) electrons. The highest BCUT2D eigenvalue weighted by Gasteiger charge is 2.17. The average molecular weight is 256 g/mol. The van der Waals surface area contributed by atoms with E-state index in [1.807, 2.05) is 0 Å². The fourth-order valence-corrected chi connectivity index (χ4v) is 3.44. The van der Waals surface area contributed by atoms with Crippen molar-refractivity contribution in [2.24, 2.45) is 0 Å². The van der Waals surface area contributed by atoms with Gasteiger partial charge in [0.2, 0.25) is 0 Å². The fourth-order valence-electron chi connectivity index (χ4n) is 0.846. The van der Waals surface area contributed by atoms with Crippen LogP contribution in [0.25, 0.3) is 0 Å². The number of carbonyl (C=O) groups excluding carboxylic acids is 1. The molecule has 0 rings (SSSR count). The van der Waals surface area contributed by atoms with Crippen molar-refractivity contribution in [1.82, 2.24) is 0 Å². The van der Waals surface area contributed by atoms with Crippen LogP contribution in [0, 0.1) is 0 Å². The summed E-state index contributed by atoms with van der Waals surface area (Å²) in [4.78, 5) is 10.9. The zero-order valence-corrected chi connectivity index (χ0v) is 10.7. The number of methoxy groups -OCH3 is 1. The van der Waals surface area contributed by atoms with Crippen LogP contribution in [0.2, 0.25) is 0 Å². The Hall–Kier alpha value is -0.430. The summed E-state index contributed by atoms with van der Waals surface area (Å²) in [6.45, 7) is 1.63.